The number of nitrogens with one attached hydrogen (secondary N) is 2. The molecule has 1 unspecified atom stereocenters. The minimum absolute atomic E-state index is 0.144. The maximum atomic E-state index is 13.2. The third-order valence-corrected chi connectivity index (χ3v) is 6.67. The van der Waals surface area contributed by atoms with Crippen molar-refractivity contribution in [1.82, 2.24) is 30.5 Å². The van der Waals surface area contributed by atoms with E-state index in [0.29, 0.717) is 5.82 Å². The van der Waals surface area contributed by atoms with E-state index >= 15 is 0 Å². The van der Waals surface area contributed by atoms with Crippen molar-refractivity contribution < 1.29 is 14.7 Å². The molecular weight excluding hydrogens is 428 g/mol. The molecule has 1 saturated heterocycles. The predicted molar refractivity (Wildman–Crippen MR) is 123 cm³/mol. The largest absolute Gasteiger partial charge is 0.391 e. The lowest BCUT2D eigenvalue weighted by molar-refractivity contribution is -0.142. The van der Waals surface area contributed by atoms with Gasteiger partial charge in [0.1, 0.15) is 6.04 Å². The molecule has 4 atom stereocenters. The molecule has 1 aliphatic rings. The van der Waals surface area contributed by atoms with Gasteiger partial charge in [0.2, 0.25) is 11.8 Å². The van der Waals surface area contributed by atoms with Crippen molar-refractivity contribution >= 4 is 23.2 Å². The monoisotopic (exact) mass is 460 g/mol. The molecule has 9 nitrogen and oxygen atoms in total. The number of carbonyl (C=O) groups excluding carboxylic acids is 2. The van der Waals surface area contributed by atoms with Crippen molar-refractivity contribution in [2.75, 3.05) is 13.6 Å². The molecule has 0 spiro atoms. The average Bonchev–Trinajstić information content (AvgIpc) is 3.33. The summed E-state index contributed by atoms with van der Waals surface area (Å²) in [4.78, 5) is 41.7. The van der Waals surface area contributed by atoms with Crippen LogP contribution in [0.2, 0.25) is 0 Å². The lowest BCUT2D eigenvalue weighted by atomic mass is 9.86. The molecule has 10 heteroatoms. The smallest absolute Gasteiger partial charge is 0.243 e. The van der Waals surface area contributed by atoms with Crippen molar-refractivity contribution in [3.05, 3.63) is 29.2 Å². The zero-order valence-corrected chi connectivity index (χ0v) is 20.2. The van der Waals surface area contributed by atoms with Gasteiger partial charge in [0, 0.05) is 30.9 Å². The Morgan fingerprint density at radius 2 is 1.91 bits per heavy atom. The van der Waals surface area contributed by atoms with Crippen LogP contribution in [0, 0.1) is 12.3 Å². The van der Waals surface area contributed by atoms with Gasteiger partial charge < -0.3 is 20.6 Å². The van der Waals surface area contributed by atoms with Gasteiger partial charge in [-0.3, -0.25) is 9.59 Å². The van der Waals surface area contributed by atoms with E-state index in [0.717, 1.165) is 16.1 Å². The Morgan fingerprint density at radius 1 is 1.25 bits per heavy atom. The second-order valence-corrected chi connectivity index (χ2v) is 10.2. The highest BCUT2D eigenvalue weighted by Crippen LogP contribution is 2.27. The Kier molecular flexibility index (Phi) is 7.26. The Morgan fingerprint density at radius 3 is 2.44 bits per heavy atom. The number of β-amino-alcohol motifs (C(OH)–C–C–N with tert-alkyl or cyclic N) is 1. The number of aryl methyl sites for hydroxylation is 1. The van der Waals surface area contributed by atoms with Crippen LogP contribution in [0.3, 0.4) is 0 Å². The lowest BCUT2D eigenvalue weighted by Gasteiger charge is -2.34. The molecule has 32 heavy (non-hydrogen) atoms. The number of aromatic nitrogens is 3. The van der Waals surface area contributed by atoms with Crippen LogP contribution in [0.4, 0.5) is 0 Å². The highest BCUT2D eigenvalue weighted by molar-refractivity contribution is 7.13. The molecular formula is C22H32N6O3S. The molecule has 0 bridgehead atoms. The molecule has 3 heterocycles. The van der Waals surface area contributed by atoms with Gasteiger partial charge >= 0.3 is 0 Å². The van der Waals surface area contributed by atoms with Crippen LogP contribution in [0.1, 0.15) is 51.4 Å². The van der Waals surface area contributed by atoms with E-state index in [4.69, 9.17) is 0 Å². The molecule has 0 aliphatic carbocycles. The van der Waals surface area contributed by atoms with E-state index < -0.39 is 18.2 Å². The number of aliphatic hydroxyl groups is 1. The number of thiazole rings is 1. The predicted octanol–water partition coefficient (Wildman–Crippen LogP) is 1.68. The Hall–Kier alpha value is -2.43. The van der Waals surface area contributed by atoms with E-state index in [1.807, 2.05) is 34.6 Å². The number of aliphatic hydroxyl groups excluding tert-OH is 1. The van der Waals surface area contributed by atoms with Crippen LogP contribution in [0.5, 0.6) is 0 Å². The van der Waals surface area contributed by atoms with Gasteiger partial charge in [-0.1, -0.05) is 20.8 Å². The lowest BCUT2D eigenvalue weighted by Crippen LogP contribution is -2.56. The summed E-state index contributed by atoms with van der Waals surface area (Å²) in [6.07, 6.45) is 2.86. The van der Waals surface area contributed by atoms with E-state index in [2.05, 4.69) is 25.6 Å². The Bertz CT molecular complexity index is 955. The summed E-state index contributed by atoms with van der Waals surface area (Å²) in [6.45, 7) is 9.80. The minimum atomic E-state index is -0.729. The van der Waals surface area contributed by atoms with Gasteiger partial charge in [-0.2, -0.15) is 0 Å². The third-order valence-electron chi connectivity index (χ3n) is 5.75. The van der Waals surface area contributed by atoms with Crippen LogP contribution in [0.15, 0.2) is 17.9 Å². The summed E-state index contributed by atoms with van der Waals surface area (Å²) in [7, 11) is 1.73. The first-order chi connectivity index (χ1) is 15.0. The third kappa shape index (κ3) is 5.13. The van der Waals surface area contributed by atoms with Gasteiger partial charge in [-0.15, -0.1) is 11.3 Å². The zero-order chi connectivity index (χ0) is 23.6. The Labute approximate surface area is 192 Å². The second kappa shape index (κ2) is 9.60. The SMILES string of the molecule is CN[C@H](C(=O)N1C[C@H](O)C[C@H]1C(=O)NC(C)c1cnc(-c2scnc2C)nc1)C(C)(C)C. The summed E-state index contributed by atoms with van der Waals surface area (Å²) in [5, 5.41) is 16.2. The van der Waals surface area contributed by atoms with Gasteiger partial charge in [0.05, 0.1) is 34.3 Å². The standard InChI is InChI=1S/C22H32N6O3S/c1-12(14-8-24-19(25-9-14)17-13(2)26-11-32-17)27-20(30)16-7-15(29)10-28(16)21(31)18(23-6)22(3,4)5/h8-9,11-12,15-16,18,23,29H,7,10H2,1-6H3,(H,27,30)/t12?,15-,16+,18-/m1/s1. The molecule has 2 amide bonds. The van der Waals surface area contributed by atoms with Crippen molar-refractivity contribution in [2.45, 2.75) is 65.3 Å². The normalized spacial score (nSPS) is 20.8. The van der Waals surface area contributed by atoms with Gasteiger partial charge in [-0.05, 0) is 26.3 Å². The molecule has 0 radical (unpaired) electrons. The van der Waals surface area contributed by atoms with Crippen LogP contribution in [0.25, 0.3) is 10.7 Å². The summed E-state index contributed by atoms with van der Waals surface area (Å²) in [5.41, 5.74) is 3.06. The summed E-state index contributed by atoms with van der Waals surface area (Å²) >= 11 is 1.48. The van der Waals surface area contributed by atoms with Gasteiger partial charge in [-0.25, -0.2) is 15.0 Å². The number of likely N-dealkylation sites (N-methyl/N-ethyl adjacent to an activating group) is 1. The first-order valence-electron chi connectivity index (χ1n) is 10.7. The van der Waals surface area contributed by atoms with Gasteiger partial charge in [0.25, 0.3) is 0 Å². The number of likely N-dealkylation sites (tertiary alicyclic amines) is 1. The van der Waals surface area contributed by atoms with Gasteiger partial charge in [0.15, 0.2) is 5.82 Å². The van der Waals surface area contributed by atoms with Crippen LogP contribution in [-0.4, -0.2) is 68.6 Å². The molecule has 3 rings (SSSR count). The maximum Gasteiger partial charge on any atom is 0.243 e. The second-order valence-electron chi connectivity index (χ2n) is 9.32. The average molecular weight is 461 g/mol. The molecule has 2 aromatic heterocycles. The molecule has 0 aromatic carbocycles. The summed E-state index contributed by atoms with van der Waals surface area (Å²) < 4.78 is 0. The number of carbonyl (C=O) groups is 2. The molecule has 0 saturated carbocycles. The summed E-state index contributed by atoms with van der Waals surface area (Å²) in [5.74, 6) is 0.119. The minimum Gasteiger partial charge on any atom is -0.391 e. The highest BCUT2D eigenvalue weighted by Gasteiger charge is 2.43. The molecule has 174 valence electrons. The van der Waals surface area contributed by atoms with E-state index in [1.165, 1.54) is 16.2 Å². The quantitative estimate of drug-likeness (QED) is 0.600. The highest BCUT2D eigenvalue weighted by atomic mass is 32.1. The number of amides is 2. The van der Waals surface area contributed by atoms with Crippen molar-refractivity contribution in [3.63, 3.8) is 0 Å². The van der Waals surface area contributed by atoms with E-state index in [1.54, 1.807) is 25.0 Å². The van der Waals surface area contributed by atoms with Crippen LogP contribution < -0.4 is 10.6 Å². The van der Waals surface area contributed by atoms with Crippen molar-refractivity contribution in [1.29, 1.82) is 0 Å². The van der Waals surface area contributed by atoms with Crippen molar-refractivity contribution in [2.24, 2.45) is 5.41 Å². The molecule has 1 aliphatic heterocycles. The topological polar surface area (TPSA) is 120 Å². The molecule has 1 fully saturated rings. The maximum absolute atomic E-state index is 13.2. The fourth-order valence-corrected chi connectivity index (χ4v) is 4.74. The fourth-order valence-electron chi connectivity index (χ4n) is 3.99. The van der Waals surface area contributed by atoms with E-state index in [-0.39, 0.29) is 36.2 Å². The fraction of sp³-hybridized carbons (Fsp3) is 0.591. The Balaban J connectivity index is 1.70. The van der Waals surface area contributed by atoms with E-state index in [9.17, 15) is 14.7 Å². The number of hydrogen-bond donors (Lipinski definition) is 3. The number of hydrogen-bond acceptors (Lipinski definition) is 8. The zero-order valence-electron chi connectivity index (χ0n) is 19.4. The molecule has 2 aromatic rings. The van der Waals surface area contributed by atoms with Crippen LogP contribution in [-0.2, 0) is 9.59 Å². The van der Waals surface area contributed by atoms with Crippen molar-refractivity contribution in [3.8, 4) is 10.7 Å². The van der Waals surface area contributed by atoms with Crippen LogP contribution >= 0.6 is 11.3 Å². The number of nitrogens with zero attached hydrogens (tertiary/aromatic N) is 4. The summed E-state index contributed by atoms with van der Waals surface area (Å²) in [6, 6.07) is -1.54. The number of rotatable bonds is 6. The first kappa shape index (κ1) is 24.2. The molecule has 3 N–H and O–H groups in total. The first-order valence-corrected chi connectivity index (χ1v) is 11.6.